The van der Waals surface area contributed by atoms with Gasteiger partial charge in [-0.25, -0.2) is 0 Å². The maximum absolute atomic E-state index is 7.88. The fourth-order valence-corrected chi connectivity index (χ4v) is 16.5. The molecule has 0 bridgehead atoms. The molecule has 392 valence electrons. The van der Waals surface area contributed by atoms with Crippen molar-refractivity contribution in [3.8, 4) is 0 Å². The Morgan fingerprint density at radius 3 is 1.41 bits per heavy atom. The number of hydrogen-bond donors (Lipinski definition) is 0. The molecule has 0 radical (unpaired) electrons. The Bertz CT molecular complexity index is 3410. The lowest BCUT2D eigenvalue weighted by molar-refractivity contribution is 0.331. The van der Waals surface area contributed by atoms with Crippen LogP contribution in [0, 0.1) is 6.92 Å². The lowest BCUT2D eigenvalue weighted by Crippen LogP contribution is -2.61. The van der Waals surface area contributed by atoms with Gasteiger partial charge < -0.3 is 14.2 Å². The summed E-state index contributed by atoms with van der Waals surface area (Å²) in [5.41, 5.74) is 28.3. The molecule has 1 aromatic heterocycles. The first-order chi connectivity index (χ1) is 35.0. The van der Waals surface area contributed by atoms with Gasteiger partial charge in [0.1, 0.15) is 5.58 Å². The fraction of sp³-hybridized carbons (Fsp3) is 0.549. The number of aryl methyl sites for hydroxylation is 1. The van der Waals surface area contributed by atoms with E-state index in [2.05, 4.69) is 194 Å². The van der Waals surface area contributed by atoms with E-state index >= 15 is 0 Å². The average molecular weight is 997 g/mol. The number of rotatable bonds is 3. The van der Waals surface area contributed by atoms with Crippen molar-refractivity contribution in [2.75, 3.05) is 9.80 Å². The molecule has 5 aromatic carbocycles. The van der Waals surface area contributed by atoms with Gasteiger partial charge in [-0.2, -0.15) is 0 Å². The summed E-state index contributed by atoms with van der Waals surface area (Å²) in [4.78, 5) is 5.57. The maximum atomic E-state index is 7.88. The van der Waals surface area contributed by atoms with Crippen molar-refractivity contribution in [1.82, 2.24) is 0 Å². The minimum absolute atomic E-state index is 0.0351. The third-order valence-electron chi connectivity index (χ3n) is 22.2. The van der Waals surface area contributed by atoms with Crippen LogP contribution in [0.1, 0.15) is 256 Å². The van der Waals surface area contributed by atoms with Gasteiger partial charge in [0, 0.05) is 33.8 Å². The highest BCUT2D eigenvalue weighted by Crippen LogP contribution is 2.57. The standard InChI is InChI=1S/C71H89BN2O/c1-42-33-48-52(69(12,13)30-27-65(48,4)5)39-56(42)74-57-40-53-51(68(10,11)29-31-70(53,14)15)38-55(57)72-61-58(34-44(35-59(61)74)43-21-19-18-20-22-43)73(45-23-24-47-49(36-45)66(6,7)26-25-64(47,2)3)62-46-37-50-54(41-60(46)75-63(62)72)71(16,17)32-28-67(50,8)9/h23-24,33-41,43H,18-22,25-32H2,1-17H3. The second kappa shape index (κ2) is 15.7. The fourth-order valence-electron chi connectivity index (χ4n) is 16.5. The van der Waals surface area contributed by atoms with Crippen LogP contribution in [0.15, 0.2) is 71.1 Å². The summed E-state index contributed by atoms with van der Waals surface area (Å²) >= 11 is 0. The number of furan rings is 1. The number of fused-ring (bicyclic) bond motifs is 10. The van der Waals surface area contributed by atoms with Gasteiger partial charge in [0.05, 0.1) is 11.3 Å². The quantitative estimate of drug-likeness (QED) is 0.165. The molecule has 3 heterocycles. The van der Waals surface area contributed by atoms with Crippen molar-refractivity contribution in [1.29, 1.82) is 0 Å². The van der Waals surface area contributed by atoms with Crippen molar-refractivity contribution in [3.05, 3.63) is 122 Å². The van der Waals surface area contributed by atoms with Crippen molar-refractivity contribution >= 4 is 68.4 Å². The highest BCUT2D eigenvalue weighted by atomic mass is 16.3. The average Bonchev–Trinajstić information content (AvgIpc) is 3.73. The molecule has 0 N–H and O–H groups in total. The highest BCUT2D eigenvalue weighted by Gasteiger charge is 2.51. The molecule has 75 heavy (non-hydrogen) atoms. The Hall–Kier alpha value is -4.70. The van der Waals surface area contributed by atoms with Crippen LogP contribution in [0.4, 0.5) is 34.1 Å². The lowest BCUT2D eigenvalue weighted by atomic mass is 9.35. The first kappa shape index (κ1) is 49.8. The molecule has 3 nitrogen and oxygen atoms in total. The van der Waals surface area contributed by atoms with E-state index in [0.29, 0.717) is 5.92 Å². The summed E-state index contributed by atoms with van der Waals surface area (Å²) in [6, 6.07) is 28.9. The largest absolute Gasteiger partial charge is 0.468 e. The minimum Gasteiger partial charge on any atom is -0.468 e. The predicted octanol–water partition coefficient (Wildman–Crippen LogP) is 18.3. The van der Waals surface area contributed by atoms with Gasteiger partial charge >= 0.3 is 0 Å². The molecular formula is C71H89BN2O. The molecule has 13 rings (SSSR count). The van der Waals surface area contributed by atoms with Gasteiger partial charge in [-0.05, 0) is 235 Å². The van der Waals surface area contributed by atoms with Gasteiger partial charge in [-0.15, -0.1) is 0 Å². The number of hydrogen-bond acceptors (Lipinski definition) is 3. The molecule has 1 fully saturated rings. The number of nitrogens with zero attached hydrogens (tertiary/aromatic N) is 2. The van der Waals surface area contributed by atoms with Gasteiger partial charge in [0.15, 0.2) is 0 Å². The monoisotopic (exact) mass is 997 g/mol. The molecule has 1 saturated carbocycles. The number of anilines is 6. The summed E-state index contributed by atoms with van der Waals surface area (Å²) in [7, 11) is 0. The Kier molecular flexibility index (Phi) is 10.5. The van der Waals surface area contributed by atoms with Gasteiger partial charge in [-0.1, -0.05) is 148 Å². The molecule has 0 spiro atoms. The van der Waals surface area contributed by atoms with Gasteiger partial charge in [0.25, 0.3) is 6.71 Å². The second-order valence-corrected chi connectivity index (χ2v) is 31.1. The third kappa shape index (κ3) is 7.24. The van der Waals surface area contributed by atoms with Crippen LogP contribution < -0.4 is 26.4 Å². The van der Waals surface area contributed by atoms with E-state index in [1.165, 1.54) is 190 Å². The predicted molar refractivity (Wildman–Crippen MR) is 322 cm³/mol. The van der Waals surface area contributed by atoms with E-state index in [1.54, 1.807) is 0 Å². The Balaban J connectivity index is 1.19. The molecule has 7 aliphatic rings. The molecule has 0 unspecified atom stereocenters. The van der Waals surface area contributed by atoms with Crippen LogP contribution >= 0.6 is 0 Å². The topological polar surface area (TPSA) is 19.6 Å². The smallest absolute Gasteiger partial charge is 0.297 e. The third-order valence-corrected chi connectivity index (χ3v) is 22.2. The van der Waals surface area contributed by atoms with Crippen LogP contribution in [0.5, 0.6) is 0 Å². The van der Waals surface area contributed by atoms with E-state index in [0.717, 1.165) is 11.2 Å². The Morgan fingerprint density at radius 2 is 0.867 bits per heavy atom. The molecule has 0 atom stereocenters. The van der Waals surface area contributed by atoms with Crippen molar-refractivity contribution in [2.24, 2.45) is 0 Å². The summed E-state index contributed by atoms with van der Waals surface area (Å²) in [5, 5.41) is 1.26. The molecular weight excluding hydrogens is 908 g/mol. The summed E-state index contributed by atoms with van der Waals surface area (Å²) in [6.07, 6.45) is 15.9. The molecule has 6 aromatic rings. The van der Waals surface area contributed by atoms with E-state index in [1.807, 2.05) is 0 Å². The molecule has 2 aliphatic heterocycles. The summed E-state index contributed by atoms with van der Waals surface area (Å²) in [5.74, 6) is 0.511. The van der Waals surface area contributed by atoms with Crippen LogP contribution in [0.2, 0.25) is 0 Å². The SMILES string of the molecule is Cc1cc2c(cc1N1c3cc4c(cc3B3c5oc6cc7c(cc6c5N(c5ccc6c(c5)C(C)(C)CCC6(C)C)c5cc(C6CCCCC6)cc1c53)C(C)(C)CCC7(C)C)C(C)(C)CCC4(C)C)C(C)(C)CCC2(C)C. The van der Waals surface area contributed by atoms with Crippen molar-refractivity contribution < 1.29 is 4.42 Å². The van der Waals surface area contributed by atoms with Crippen LogP contribution in [0.25, 0.3) is 11.0 Å². The zero-order valence-corrected chi connectivity index (χ0v) is 49.5. The van der Waals surface area contributed by atoms with Crippen molar-refractivity contribution in [3.63, 3.8) is 0 Å². The summed E-state index contributed by atoms with van der Waals surface area (Å²) in [6.45, 7) is 42.3. The highest BCUT2D eigenvalue weighted by molar-refractivity contribution is 7.00. The Morgan fingerprint density at radius 1 is 0.427 bits per heavy atom. The zero-order valence-electron chi connectivity index (χ0n) is 49.5. The molecule has 0 saturated heterocycles. The van der Waals surface area contributed by atoms with Gasteiger partial charge in [0.2, 0.25) is 0 Å². The zero-order chi connectivity index (χ0) is 53.1. The van der Waals surface area contributed by atoms with Gasteiger partial charge in [-0.3, -0.25) is 0 Å². The number of benzene rings is 5. The van der Waals surface area contributed by atoms with Crippen LogP contribution in [-0.2, 0) is 43.3 Å². The van der Waals surface area contributed by atoms with E-state index in [9.17, 15) is 0 Å². The molecule has 4 heteroatoms. The van der Waals surface area contributed by atoms with Crippen LogP contribution in [0.3, 0.4) is 0 Å². The van der Waals surface area contributed by atoms with E-state index < -0.39 is 0 Å². The first-order valence-corrected chi connectivity index (χ1v) is 29.9. The van der Waals surface area contributed by atoms with Crippen LogP contribution in [-0.4, -0.2) is 6.71 Å². The Labute approximate surface area is 453 Å². The normalized spacial score (nSPS) is 23.6. The van der Waals surface area contributed by atoms with Crippen molar-refractivity contribution in [2.45, 2.75) is 250 Å². The first-order valence-electron chi connectivity index (χ1n) is 29.9. The summed E-state index contributed by atoms with van der Waals surface area (Å²) < 4.78 is 7.88. The molecule has 5 aliphatic carbocycles. The van der Waals surface area contributed by atoms with E-state index in [-0.39, 0.29) is 50.0 Å². The lowest BCUT2D eigenvalue weighted by Gasteiger charge is -2.48. The maximum Gasteiger partial charge on any atom is 0.297 e. The van der Waals surface area contributed by atoms with E-state index in [4.69, 9.17) is 4.42 Å². The minimum atomic E-state index is -0.0918. The second-order valence-electron chi connectivity index (χ2n) is 31.1. The molecule has 0 amide bonds.